The summed E-state index contributed by atoms with van der Waals surface area (Å²) in [5.41, 5.74) is 2.25. The molecule has 0 radical (unpaired) electrons. The van der Waals surface area contributed by atoms with Crippen LogP contribution in [0.15, 0.2) is 58.7 Å². The Kier molecular flexibility index (Phi) is 6.82. The lowest BCUT2D eigenvalue weighted by Gasteiger charge is -2.36. The normalized spacial score (nSPS) is 27.4. The van der Waals surface area contributed by atoms with Gasteiger partial charge < -0.3 is 24.8 Å². The van der Waals surface area contributed by atoms with Crippen molar-refractivity contribution in [1.29, 1.82) is 0 Å². The Morgan fingerprint density at radius 2 is 1.64 bits per heavy atom. The van der Waals surface area contributed by atoms with Gasteiger partial charge in [0.1, 0.15) is 5.76 Å². The van der Waals surface area contributed by atoms with Gasteiger partial charge in [0.05, 0.1) is 25.7 Å². The van der Waals surface area contributed by atoms with Crippen LogP contribution >= 0.6 is 0 Å². The van der Waals surface area contributed by atoms with Crippen LogP contribution in [-0.4, -0.2) is 43.3 Å². The standard InChI is InChI=1S/C26H36N2O5/c1-8-32-21(29)13-18-12-17-10-11-26(23(31-7)19(17)15-24(3,4)27-18)16-25(5,6)28-20(26)14-22(30)33-9-2/h10-14,27-28H,8-9,15-16H2,1-7H3/b18-13-,20-14-/t26-/m0/s1. The van der Waals surface area contributed by atoms with E-state index in [4.69, 9.17) is 14.2 Å². The Balaban J connectivity index is 2.16. The van der Waals surface area contributed by atoms with Crippen molar-refractivity contribution in [3.63, 3.8) is 0 Å². The molecule has 180 valence electrons. The molecule has 3 aliphatic rings. The van der Waals surface area contributed by atoms with Gasteiger partial charge in [-0.3, -0.25) is 0 Å². The summed E-state index contributed by atoms with van der Waals surface area (Å²) in [6, 6.07) is 0. The lowest BCUT2D eigenvalue weighted by molar-refractivity contribution is -0.138. The fraction of sp³-hybridized carbons (Fsp3) is 0.538. The lowest BCUT2D eigenvalue weighted by atomic mass is 9.71. The molecule has 0 aromatic carbocycles. The van der Waals surface area contributed by atoms with Gasteiger partial charge in [-0.25, -0.2) is 9.59 Å². The number of carbonyl (C=O) groups excluding carboxylic acids is 2. The first kappa shape index (κ1) is 24.7. The van der Waals surface area contributed by atoms with Crippen LogP contribution in [0.3, 0.4) is 0 Å². The molecule has 1 fully saturated rings. The van der Waals surface area contributed by atoms with Crippen molar-refractivity contribution in [2.75, 3.05) is 20.3 Å². The maximum absolute atomic E-state index is 12.4. The number of hydrogen-bond donors (Lipinski definition) is 2. The van der Waals surface area contributed by atoms with Crippen LogP contribution < -0.4 is 10.6 Å². The molecular formula is C26H36N2O5. The number of esters is 2. The van der Waals surface area contributed by atoms with Crippen LogP contribution in [0.25, 0.3) is 0 Å². The highest BCUT2D eigenvalue weighted by Gasteiger charge is 2.52. The first-order chi connectivity index (χ1) is 15.4. The SMILES string of the molecule is CCOC(=O)/C=C1/C=C2C=C[C@@]3(CC(C)(C)N/C3=C\C(=O)OCC)C(OC)=C2CC(C)(C)N1. The molecule has 0 bridgehead atoms. The maximum Gasteiger partial charge on any atom is 0.332 e. The van der Waals surface area contributed by atoms with E-state index >= 15 is 0 Å². The first-order valence-corrected chi connectivity index (χ1v) is 11.5. The number of hydrogen-bond acceptors (Lipinski definition) is 7. The summed E-state index contributed by atoms with van der Waals surface area (Å²) in [6.45, 7) is 12.6. The molecule has 1 aliphatic carbocycles. The molecule has 0 aromatic rings. The number of ether oxygens (including phenoxy) is 3. The quantitative estimate of drug-likeness (QED) is 0.481. The molecule has 33 heavy (non-hydrogen) atoms. The second-order valence-electron chi connectivity index (χ2n) is 9.95. The molecule has 7 nitrogen and oxygen atoms in total. The van der Waals surface area contributed by atoms with Gasteiger partial charge in [0, 0.05) is 40.2 Å². The zero-order chi connectivity index (χ0) is 24.4. The molecule has 2 aliphatic heterocycles. The van der Waals surface area contributed by atoms with E-state index < -0.39 is 5.41 Å². The van der Waals surface area contributed by atoms with Crippen LogP contribution in [0.4, 0.5) is 0 Å². The highest BCUT2D eigenvalue weighted by atomic mass is 16.5. The largest absolute Gasteiger partial charge is 0.499 e. The van der Waals surface area contributed by atoms with Crippen molar-refractivity contribution in [1.82, 2.24) is 10.6 Å². The molecule has 0 unspecified atom stereocenters. The van der Waals surface area contributed by atoms with E-state index in [2.05, 4.69) is 50.5 Å². The van der Waals surface area contributed by atoms with Gasteiger partial charge in [0.2, 0.25) is 0 Å². The molecular weight excluding hydrogens is 420 g/mol. The summed E-state index contributed by atoms with van der Waals surface area (Å²) in [5.74, 6) is 0.0385. The van der Waals surface area contributed by atoms with Crippen LogP contribution in [0.5, 0.6) is 0 Å². The minimum absolute atomic E-state index is 0.248. The smallest absolute Gasteiger partial charge is 0.332 e. The minimum atomic E-state index is -0.608. The molecule has 7 heteroatoms. The Bertz CT molecular complexity index is 981. The molecule has 1 saturated heterocycles. The number of carbonyl (C=O) groups is 2. The van der Waals surface area contributed by atoms with E-state index in [9.17, 15) is 9.59 Å². The summed E-state index contributed by atoms with van der Waals surface area (Å²) in [5, 5.41) is 6.97. The van der Waals surface area contributed by atoms with Crippen LogP contribution in [-0.2, 0) is 23.8 Å². The van der Waals surface area contributed by atoms with Crippen molar-refractivity contribution in [2.45, 2.75) is 65.5 Å². The van der Waals surface area contributed by atoms with Gasteiger partial charge in [0.25, 0.3) is 0 Å². The van der Waals surface area contributed by atoms with E-state index in [0.29, 0.717) is 25.3 Å². The zero-order valence-electron chi connectivity index (χ0n) is 20.8. The predicted molar refractivity (Wildman–Crippen MR) is 127 cm³/mol. The number of allylic oxidation sites excluding steroid dienone is 3. The molecule has 3 rings (SSSR count). The maximum atomic E-state index is 12.4. The van der Waals surface area contributed by atoms with E-state index in [1.54, 1.807) is 27.0 Å². The lowest BCUT2D eigenvalue weighted by Crippen LogP contribution is -2.38. The summed E-state index contributed by atoms with van der Waals surface area (Å²) >= 11 is 0. The van der Waals surface area contributed by atoms with Gasteiger partial charge in [-0.2, -0.15) is 0 Å². The Labute approximate surface area is 196 Å². The summed E-state index contributed by atoms with van der Waals surface area (Å²) in [4.78, 5) is 24.5. The number of methoxy groups -OCH3 is 1. The Hall–Kier alpha value is -2.96. The second-order valence-corrected chi connectivity index (χ2v) is 9.95. The summed E-state index contributed by atoms with van der Waals surface area (Å²) in [7, 11) is 1.68. The number of fused-ring (bicyclic) bond motifs is 1. The van der Waals surface area contributed by atoms with Gasteiger partial charge in [-0.05, 0) is 66.0 Å². The summed E-state index contributed by atoms with van der Waals surface area (Å²) < 4.78 is 16.4. The Morgan fingerprint density at radius 1 is 1.00 bits per heavy atom. The predicted octanol–water partition coefficient (Wildman–Crippen LogP) is 3.81. The van der Waals surface area contributed by atoms with Gasteiger partial charge in [-0.1, -0.05) is 12.2 Å². The third-order valence-corrected chi connectivity index (χ3v) is 5.97. The zero-order valence-corrected chi connectivity index (χ0v) is 20.8. The average molecular weight is 457 g/mol. The van der Waals surface area contributed by atoms with E-state index in [0.717, 1.165) is 29.0 Å². The summed E-state index contributed by atoms with van der Waals surface area (Å²) in [6.07, 6.45) is 10.5. The van der Waals surface area contributed by atoms with Crippen LogP contribution in [0, 0.1) is 5.41 Å². The van der Waals surface area contributed by atoms with Crippen molar-refractivity contribution in [3.05, 3.63) is 58.7 Å². The highest BCUT2D eigenvalue weighted by molar-refractivity contribution is 5.84. The monoisotopic (exact) mass is 456 g/mol. The van der Waals surface area contributed by atoms with Gasteiger partial charge in [0.15, 0.2) is 0 Å². The van der Waals surface area contributed by atoms with Crippen molar-refractivity contribution >= 4 is 11.9 Å². The molecule has 1 atom stereocenters. The molecule has 0 aromatic heterocycles. The average Bonchev–Trinajstić information content (AvgIpc) is 2.85. The van der Waals surface area contributed by atoms with Crippen LogP contribution in [0.2, 0.25) is 0 Å². The third kappa shape index (κ3) is 5.18. The van der Waals surface area contributed by atoms with E-state index in [-0.39, 0.29) is 23.0 Å². The third-order valence-electron chi connectivity index (χ3n) is 5.97. The van der Waals surface area contributed by atoms with Gasteiger partial charge in [-0.15, -0.1) is 0 Å². The molecule has 1 spiro atoms. The first-order valence-electron chi connectivity index (χ1n) is 11.5. The van der Waals surface area contributed by atoms with E-state index in [1.165, 1.54) is 6.08 Å². The molecule has 0 amide bonds. The topological polar surface area (TPSA) is 85.9 Å². The molecule has 2 heterocycles. The Morgan fingerprint density at radius 3 is 2.24 bits per heavy atom. The fourth-order valence-electron chi connectivity index (χ4n) is 5.03. The van der Waals surface area contributed by atoms with Gasteiger partial charge >= 0.3 is 11.9 Å². The van der Waals surface area contributed by atoms with Crippen molar-refractivity contribution < 1.29 is 23.8 Å². The fourth-order valence-corrected chi connectivity index (χ4v) is 5.03. The number of nitrogens with one attached hydrogen (secondary N) is 2. The highest BCUT2D eigenvalue weighted by Crippen LogP contribution is 2.54. The van der Waals surface area contributed by atoms with Crippen molar-refractivity contribution in [2.24, 2.45) is 5.41 Å². The minimum Gasteiger partial charge on any atom is -0.499 e. The second kappa shape index (κ2) is 9.12. The van der Waals surface area contributed by atoms with Crippen molar-refractivity contribution in [3.8, 4) is 0 Å². The van der Waals surface area contributed by atoms with Crippen LogP contribution in [0.1, 0.15) is 54.4 Å². The molecule has 2 N–H and O–H groups in total. The molecule has 0 saturated carbocycles. The number of rotatable bonds is 5. The van der Waals surface area contributed by atoms with E-state index in [1.807, 2.05) is 6.08 Å².